The summed E-state index contributed by atoms with van der Waals surface area (Å²) in [5.74, 6) is -1.77. The highest BCUT2D eigenvalue weighted by Gasteiger charge is 2.38. The van der Waals surface area contributed by atoms with Crippen LogP contribution in [0.3, 0.4) is 0 Å². The van der Waals surface area contributed by atoms with E-state index in [1.807, 2.05) is 74.5 Å². The van der Waals surface area contributed by atoms with Crippen LogP contribution in [0, 0.1) is 6.92 Å². The van der Waals surface area contributed by atoms with E-state index in [2.05, 4.69) is 0 Å². The maximum Gasteiger partial charge on any atom is 0.341 e. The number of fused-ring (bicyclic) bond motifs is 1. The Bertz CT molecular complexity index is 1230. The van der Waals surface area contributed by atoms with E-state index in [1.54, 1.807) is 9.47 Å². The Kier molecular flexibility index (Phi) is 7.17. The van der Waals surface area contributed by atoms with Gasteiger partial charge in [0.25, 0.3) is 5.91 Å². The molecule has 7 heteroatoms. The number of benzene rings is 2. The second-order valence-electron chi connectivity index (χ2n) is 9.10. The van der Waals surface area contributed by atoms with Gasteiger partial charge in [-0.05, 0) is 31.9 Å². The minimum absolute atomic E-state index is 0.0295. The average molecular weight is 475 g/mol. The summed E-state index contributed by atoms with van der Waals surface area (Å²) >= 11 is 0. The lowest BCUT2D eigenvalue weighted by Crippen LogP contribution is -2.48. The first-order chi connectivity index (χ1) is 16.8. The molecule has 0 saturated heterocycles. The molecule has 1 N–H and O–H groups in total. The van der Waals surface area contributed by atoms with Crippen molar-refractivity contribution in [1.29, 1.82) is 0 Å². The van der Waals surface area contributed by atoms with Crippen LogP contribution in [0.4, 0.5) is 0 Å². The first-order valence-electron chi connectivity index (χ1n) is 11.8. The fraction of sp³-hybridized carbons (Fsp3) is 0.321. The number of hydrogen-bond acceptors (Lipinski definition) is 4. The van der Waals surface area contributed by atoms with Crippen LogP contribution in [0.15, 0.2) is 71.7 Å². The summed E-state index contributed by atoms with van der Waals surface area (Å²) in [4.78, 5) is 40.0. The summed E-state index contributed by atoms with van der Waals surface area (Å²) in [7, 11) is 0. The van der Waals surface area contributed by atoms with Crippen LogP contribution in [0.1, 0.15) is 63.3 Å². The molecule has 1 aliphatic rings. The van der Waals surface area contributed by atoms with Crippen LogP contribution in [0.5, 0.6) is 0 Å². The zero-order valence-electron chi connectivity index (χ0n) is 20.2. The molecule has 0 aliphatic carbocycles. The highest BCUT2D eigenvalue weighted by atomic mass is 16.5. The molecule has 0 spiro atoms. The Morgan fingerprint density at radius 1 is 1.03 bits per heavy atom. The van der Waals surface area contributed by atoms with Gasteiger partial charge in [0.05, 0.1) is 18.8 Å². The molecule has 1 amide bonds. The lowest BCUT2D eigenvalue weighted by atomic mass is 9.83. The van der Waals surface area contributed by atoms with Gasteiger partial charge in [0.15, 0.2) is 5.43 Å². The monoisotopic (exact) mass is 474 g/mol. The standard InChI is InChI=1S/C28H30N2O5/c1-18(2)35-15-14-29-17-23(24(20-10-6-4-7-11-20)21-12-8-5-9-13-21)30-16-22(28(33)34)26(31)19(3)25(30)27(29)32/h4-13,16,18,23-24H,14-15,17H2,1-3H3,(H,33,34)/t23-/m1/s1. The van der Waals surface area contributed by atoms with E-state index in [9.17, 15) is 19.5 Å². The minimum Gasteiger partial charge on any atom is -0.477 e. The van der Waals surface area contributed by atoms with Gasteiger partial charge >= 0.3 is 5.97 Å². The zero-order chi connectivity index (χ0) is 25.1. The zero-order valence-corrected chi connectivity index (χ0v) is 20.2. The quantitative estimate of drug-likeness (QED) is 0.531. The summed E-state index contributed by atoms with van der Waals surface area (Å²) in [6, 6.07) is 19.6. The SMILES string of the molecule is Cc1c2n(cc(C(=O)O)c1=O)[C@@H](C(c1ccccc1)c1ccccc1)CN(CCOC(C)C)C2=O. The average Bonchev–Trinajstić information content (AvgIpc) is 2.84. The number of carbonyl (C=O) groups excluding carboxylic acids is 1. The van der Waals surface area contributed by atoms with Crippen molar-refractivity contribution in [1.82, 2.24) is 9.47 Å². The largest absolute Gasteiger partial charge is 0.477 e. The van der Waals surface area contributed by atoms with Gasteiger partial charge in [0.1, 0.15) is 11.3 Å². The molecule has 0 bridgehead atoms. The number of pyridine rings is 1. The molecule has 182 valence electrons. The molecular formula is C28H30N2O5. The second kappa shape index (κ2) is 10.3. The van der Waals surface area contributed by atoms with Crippen LogP contribution in [-0.2, 0) is 4.74 Å². The van der Waals surface area contributed by atoms with Crippen molar-refractivity contribution in [2.75, 3.05) is 19.7 Å². The fourth-order valence-corrected chi connectivity index (χ4v) is 4.81. The second-order valence-corrected chi connectivity index (χ2v) is 9.10. The molecule has 0 fully saturated rings. The Morgan fingerprint density at radius 3 is 2.11 bits per heavy atom. The number of carboxylic acid groups (broad SMARTS) is 1. The van der Waals surface area contributed by atoms with E-state index in [1.165, 1.54) is 13.1 Å². The van der Waals surface area contributed by atoms with E-state index in [0.29, 0.717) is 19.7 Å². The normalized spacial score (nSPS) is 15.5. The van der Waals surface area contributed by atoms with Gasteiger partial charge in [-0.15, -0.1) is 0 Å². The van der Waals surface area contributed by atoms with Gasteiger partial charge in [0.2, 0.25) is 0 Å². The summed E-state index contributed by atoms with van der Waals surface area (Å²) in [6.07, 6.45) is 1.37. The molecule has 1 aliphatic heterocycles. The van der Waals surface area contributed by atoms with Gasteiger partial charge in [-0.3, -0.25) is 9.59 Å². The molecule has 1 aromatic heterocycles. The maximum absolute atomic E-state index is 13.6. The maximum atomic E-state index is 13.6. The van der Waals surface area contributed by atoms with Crippen molar-refractivity contribution in [2.24, 2.45) is 0 Å². The van der Waals surface area contributed by atoms with E-state index >= 15 is 0 Å². The first kappa shape index (κ1) is 24.4. The number of rotatable bonds is 8. The van der Waals surface area contributed by atoms with Crippen molar-refractivity contribution in [3.63, 3.8) is 0 Å². The van der Waals surface area contributed by atoms with Crippen LogP contribution < -0.4 is 5.43 Å². The van der Waals surface area contributed by atoms with Crippen LogP contribution in [-0.4, -0.2) is 52.3 Å². The van der Waals surface area contributed by atoms with Crippen LogP contribution in [0.25, 0.3) is 0 Å². The summed E-state index contributed by atoms with van der Waals surface area (Å²) in [5, 5.41) is 9.71. The van der Waals surface area contributed by atoms with Gasteiger partial charge < -0.3 is 19.3 Å². The number of aromatic nitrogens is 1. The van der Waals surface area contributed by atoms with Crippen molar-refractivity contribution < 1.29 is 19.4 Å². The third kappa shape index (κ3) is 4.91. The summed E-state index contributed by atoms with van der Waals surface area (Å²) in [5.41, 5.74) is 1.49. The molecule has 0 saturated carbocycles. The molecule has 3 aromatic rings. The topological polar surface area (TPSA) is 88.8 Å². The van der Waals surface area contributed by atoms with Gasteiger partial charge in [-0.1, -0.05) is 60.7 Å². The summed E-state index contributed by atoms with van der Waals surface area (Å²) in [6.45, 7) is 6.50. The van der Waals surface area contributed by atoms with E-state index in [4.69, 9.17) is 4.74 Å². The number of nitrogens with zero attached hydrogens (tertiary/aromatic N) is 2. The van der Waals surface area contributed by atoms with Crippen LogP contribution >= 0.6 is 0 Å². The van der Waals surface area contributed by atoms with Crippen molar-refractivity contribution >= 4 is 11.9 Å². The predicted octanol–water partition coefficient (Wildman–Crippen LogP) is 4.11. The number of amides is 1. The van der Waals surface area contributed by atoms with Gasteiger partial charge in [0, 0.05) is 30.8 Å². The van der Waals surface area contributed by atoms with Gasteiger partial charge in [-0.2, -0.15) is 0 Å². The minimum atomic E-state index is -1.30. The van der Waals surface area contributed by atoms with Crippen LogP contribution in [0.2, 0.25) is 0 Å². The Hall–Kier alpha value is -3.71. The van der Waals surface area contributed by atoms with E-state index < -0.39 is 11.4 Å². The highest BCUT2D eigenvalue weighted by molar-refractivity contribution is 5.96. The first-order valence-corrected chi connectivity index (χ1v) is 11.8. The highest BCUT2D eigenvalue weighted by Crippen LogP contribution is 2.39. The molecule has 2 heterocycles. The van der Waals surface area contributed by atoms with Gasteiger partial charge in [-0.25, -0.2) is 4.79 Å². The van der Waals surface area contributed by atoms with Crippen molar-refractivity contribution in [2.45, 2.75) is 38.8 Å². The van der Waals surface area contributed by atoms with E-state index in [-0.39, 0.29) is 40.8 Å². The Labute approximate surface area is 204 Å². The number of carboxylic acids is 1. The third-order valence-electron chi connectivity index (χ3n) is 6.47. The number of aromatic carboxylic acids is 1. The molecule has 0 radical (unpaired) electrons. The summed E-state index contributed by atoms with van der Waals surface area (Å²) < 4.78 is 7.43. The molecule has 1 atom stereocenters. The van der Waals surface area contributed by atoms with E-state index in [0.717, 1.165) is 11.1 Å². The van der Waals surface area contributed by atoms with Crippen molar-refractivity contribution in [3.05, 3.63) is 105 Å². The molecular weight excluding hydrogens is 444 g/mol. The number of hydrogen-bond donors (Lipinski definition) is 1. The lowest BCUT2D eigenvalue weighted by Gasteiger charge is -2.41. The lowest BCUT2D eigenvalue weighted by molar-refractivity contribution is 0.0397. The molecule has 7 nitrogen and oxygen atoms in total. The third-order valence-corrected chi connectivity index (χ3v) is 6.47. The fourth-order valence-electron chi connectivity index (χ4n) is 4.81. The number of ether oxygens (including phenoxy) is 1. The molecule has 4 rings (SSSR count). The Balaban J connectivity index is 1.91. The number of carbonyl (C=O) groups is 2. The Morgan fingerprint density at radius 2 is 1.60 bits per heavy atom. The molecule has 35 heavy (non-hydrogen) atoms. The molecule has 2 aromatic carbocycles. The smallest absolute Gasteiger partial charge is 0.341 e. The molecule has 0 unspecified atom stereocenters. The predicted molar refractivity (Wildman–Crippen MR) is 133 cm³/mol. The van der Waals surface area contributed by atoms with Crippen molar-refractivity contribution in [3.8, 4) is 0 Å².